The van der Waals surface area contributed by atoms with E-state index < -0.39 is 7.42 Å². The van der Waals surface area contributed by atoms with Crippen LogP contribution in [0.25, 0.3) is 0 Å². The Bertz CT molecular complexity index is 106. The first-order valence-corrected chi connectivity index (χ1v) is 7.45. The minimum absolute atomic E-state index is 0.490. The normalized spacial score (nSPS) is 12.5. The van der Waals surface area contributed by atoms with E-state index in [0.717, 1.165) is 0 Å². The maximum Gasteiger partial charge on any atom is 0.579 e. The maximum absolute atomic E-state index is 5.40. The molecule has 0 fully saturated rings. The average Bonchev–Trinajstić information content (AvgIpc) is 2.00. The van der Waals surface area contributed by atoms with Crippen molar-refractivity contribution in [1.82, 2.24) is 0 Å². The summed E-state index contributed by atoms with van der Waals surface area (Å²) in [6.45, 7) is 4.80. The second-order valence-corrected chi connectivity index (χ2v) is 7.58. The Morgan fingerprint density at radius 3 is 2.00 bits per heavy atom. The molecule has 0 saturated carbocycles. The van der Waals surface area contributed by atoms with Crippen LogP contribution in [0.3, 0.4) is 0 Å². The highest BCUT2D eigenvalue weighted by Crippen LogP contribution is 2.15. The van der Waals surface area contributed by atoms with Crippen molar-refractivity contribution >= 4 is 22.7 Å². The van der Waals surface area contributed by atoms with Crippen molar-refractivity contribution in [3.63, 3.8) is 0 Å². The molecule has 0 spiro atoms. The first-order chi connectivity index (χ1) is 5.04. The molecule has 0 aliphatic carbocycles. The van der Waals surface area contributed by atoms with Crippen LogP contribution in [-0.2, 0) is 13.3 Å². The molecule has 0 N–H and O–H groups in total. The lowest BCUT2D eigenvalue weighted by Crippen LogP contribution is -2.38. The van der Waals surface area contributed by atoms with Gasteiger partial charge in [0.1, 0.15) is 0 Å². The summed E-state index contributed by atoms with van der Waals surface area (Å²) in [5.41, 5.74) is 0. The molecule has 0 rings (SSSR count). The predicted molar refractivity (Wildman–Crippen MR) is 49.5 cm³/mol. The molecule has 11 heavy (non-hydrogen) atoms. The molecule has 0 aromatic carbocycles. The number of halogens is 1. The van der Waals surface area contributed by atoms with Crippen molar-refractivity contribution in [2.24, 2.45) is 5.92 Å². The van der Waals surface area contributed by atoms with Crippen LogP contribution in [0.4, 0.5) is 0 Å². The molecule has 0 saturated heterocycles. The van der Waals surface area contributed by atoms with Crippen LogP contribution in [0.5, 0.6) is 0 Å². The fourth-order valence-electron chi connectivity index (χ4n) is 0.467. The van der Waals surface area contributed by atoms with E-state index >= 15 is 0 Å². The van der Waals surface area contributed by atoms with Crippen molar-refractivity contribution in [3.05, 3.63) is 0 Å². The molecule has 0 aromatic heterocycles. The van der Waals surface area contributed by atoms with E-state index in [9.17, 15) is 0 Å². The molecular weight excluding hydrogens is 228 g/mol. The maximum atomic E-state index is 5.40. The second-order valence-electron chi connectivity index (χ2n) is 2.59. The lowest BCUT2D eigenvalue weighted by molar-refractivity contribution is 0.114. The molecular formula is C6H15BrO3Si. The summed E-state index contributed by atoms with van der Waals surface area (Å²) in [6.07, 6.45) is 0. The van der Waals surface area contributed by atoms with Crippen LogP contribution in [0.1, 0.15) is 13.8 Å². The van der Waals surface area contributed by atoms with Gasteiger partial charge in [-0.15, -0.1) is 0 Å². The summed E-state index contributed by atoms with van der Waals surface area (Å²) >= 11 is 3.28. The van der Waals surface area contributed by atoms with Crippen LogP contribution in [0.2, 0.25) is 0 Å². The van der Waals surface area contributed by atoms with Crippen LogP contribution in [-0.4, -0.2) is 28.3 Å². The van der Waals surface area contributed by atoms with Crippen molar-refractivity contribution in [2.75, 3.05) is 20.8 Å². The molecule has 0 amide bonds. The van der Waals surface area contributed by atoms with E-state index in [2.05, 4.69) is 29.1 Å². The fraction of sp³-hybridized carbons (Fsp3) is 1.00. The zero-order valence-corrected chi connectivity index (χ0v) is 9.97. The molecule has 0 aromatic rings. The van der Waals surface area contributed by atoms with Crippen LogP contribution >= 0.6 is 15.3 Å². The van der Waals surface area contributed by atoms with Crippen LogP contribution in [0.15, 0.2) is 0 Å². The van der Waals surface area contributed by atoms with Gasteiger partial charge in [-0.25, -0.2) is 0 Å². The third-order valence-corrected chi connectivity index (χ3v) is 5.19. The molecule has 0 radical (unpaired) electrons. The molecule has 0 aliphatic rings. The van der Waals surface area contributed by atoms with Gasteiger partial charge in [-0.05, 0) is 21.2 Å². The van der Waals surface area contributed by atoms with Gasteiger partial charge in [0.15, 0.2) is 0 Å². The Labute approximate surface area is 77.0 Å². The summed E-state index contributed by atoms with van der Waals surface area (Å²) in [7, 11) is 0.701. The van der Waals surface area contributed by atoms with Crippen LogP contribution in [0, 0.1) is 5.92 Å². The van der Waals surface area contributed by atoms with Gasteiger partial charge in [0.05, 0.1) is 0 Å². The van der Waals surface area contributed by atoms with Crippen LogP contribution < -0.4 is 0 Å². The van der Waals surface area contributed by atoms with E-state index in [-0.39, 0.29) is 0 Å². The standard InChI is InChI=1S/C6H15BrO3Si/c1-6(2)5-10-11(7,8-3)9-4/h6H,5H2,1-4H3. The Morgan fingerprint density at radius 1 is 1.27 bits per heavy atom. The quantitative estimate of drug-likeness (QED) is 0.544. The first-order valence-electron chi connectivity index (χ1n) is 3.47. The predicted octanol–water partition coefficient (Wildman–Crippen LogP) is 1.78. The third-order valence-electron chi connectivity index (χ3n) is 1.08. The summed E-state index contributed by atoms with van der Waals surface area (Å²) in [5, 5.41) is 0. The Morgan fingerprint density at radius 2 is 1.73 bits per heavy atom. The Balaban J connectivity index is 3.69. The first kappa shape index (κ1) is 11.6. The van der Waals surface area contributed by atoms with Crippen molar-refractivity contribution < 1.29 is 13.3 Å². The fourth-order valence-corrected chi connectivity index (χ4v) is 1.80. The number of hydrogen-bond acceptors (Lipinski definition) is 3. The van der Waals surface area contributed by atoms with Crippen molar-refractivity contribution in [3.8, 4) is 0 Å². The average molecular weight is 243 g/mol. The highest BCUT2D eigenvalue weighted by atomic mass is 79.9. The Hall–Kier alpha value is 0.577. The summed E-state index contributed by atoms with van der Waals surface area (Å²) in [6, 6.07) is 0. The van der Waals surface area contributed by atoms with Gasteiger partial charge in [-0.1, -0.05) is 13.8 Å². The van der Waals surface area contributed by atoms with Crippen molar-refractivity contribution in [2.45, 2.75) is 13.8 Å². The van der Waals surface area contributed by atoms with E-state index in [4.69, 9.17) is 13.3 Å². The van der Waals surface area contributed by atoms with Gasteiger partial charge in [0.25, 0.3) is 0 Å². The summed E-state index contributed by atoms with van der Waals surface area (Å²) in [4.78, 5) is 0. The molecule has 0 bridgehead atoms. The zero-order valence-electron chi connectivity index (χ0n) is 7.39. The summed E-state index contributed by atoms with van der Waals surface area (Å²) in [5.74, 6) is 0.490. The summed E-state index contributed by atoms with van der Waals surface area (Å²) < 4.78 is 15.5. The van der Waals surface area contributed by atoms with E-state index in [1.54, 1.807) is 14.2 Å². The topological polar surface area (TPSA) is 27.7 Å². The largest absolute Gasteiger partial charge is 0.579 e. The zero-order chi connectivity index (χ0) is 8.91. The molecule has 68 valence electrons. The van der Waals surface area contributed by atoms with Gasteiger partial charge in [0.2, 0.25) is 0 Å². The minimum atomic E-state index is -2.45. The van der Waals surface area contributed by atoms with E-state index in [1.165, 1.54) is 0 Å². The smallest absolute Gasteiger partial charge is 0.369 e. The SMILES string of the molecule is CO[Si](Br)(OC)OCC(C)C. The van der Waals surface area contributed by atoms with E-state index in [0.29, 0.717) is 12.5 Å². The number of rotatable bonds is 5. The van der Waals surface area contributed by atoms with Gasteiger partial charge >= 0.3 is 7.42 Å². The monoisotopic (exact) mass is 242 g/mol. The highest BCUT2D eigenvalue weighted by Gasteiger charge is 2.35. The molecule has 0 heterocycles. The lowest BCUT2D eigenvalue weighted by Gasteiger charge is -2.20. The molecule has 0 unspecified atom stereocenters. The lowest BCUT2D eigenvalue weighted by atomic mass is 10.2. The van der Waals surface area contributed by atoms with Crippen molar-refractivity contribution in [1.29, 1.82) is 0 Å². The Kier molecular flexibility index (Phi) is 5.54. The van der Waals surface area contributed by atoms with Gasteiger partial charge in [-0.3, -0.25) is 0 Å². The van der Waals surface area contributed by atoms with Gasteiger partial charge in [-0.2, -0.15) is 0 Å². The minimum Gasteiger partial charge on any atom is -0.369 e. The second kappa shape index (κ2) is 5.26. The molecule has 3 nitrogen and oxygen atoms in total. The third kappa shape index (κ3) is 4.92. The van der Waals surface area contributed by atoms with Gasteiger partial charge < -0.3 is 13.3 Å². The van der Waals surface area contributed by atoms with Gasteiger partial charge in [0, 0.05) is 20.8 Å². The molecule has 0 atom stereocenters. The number of hydrogen-bond donors (Lipinski definition) is 0. The molecule has 5 heteroatoms. The highest BCUT2D eigenvalue weighted by molar-refractivity contribution is 9.25. The van der Waals surface area contributed by atoms with E-state index in [1.807, 2.05) is 0 Å². The molecule has 0 aliphatic heterocycles.